The Hall–Kier alpha value is -0.920. The average molecular weight is 260 g/mol. The molecule has 1 aliphatic rings. The summed E-state index contributed by atoms with van der Waals surface area (Å²) in [6.07, 6.45) is -4.55. The zero-order valence-electron chi connectivity index (χ0n) is 9.29. The molecular formula is C9H13F5N2O. The number of alkyl halides is 5. The Labute approximate surface area is 94.7 Å². The van der Waals surface area contributed by atoms with E-state index >= 15 is 0 Å². The molecule has 2 N–H and O–H groups in total. The van der Waals surface area contributed by atoms with Crippen LogP contribution in [-0.2, 0) is 4.79 Å². The van der Waals surface area contributed by atoms with Crippen LogP contribution in [0.15, 0.2) is 0 Å². The van der Waals surface area contributed by atoms with Gasteiger partial charge < -0.3 is 5.32 Å². The van der Waals surface area contributed by atoms with Crippen molar-refractivity contribution in [3.63, 3.8) is 0 Å². The number of hydrogen-bond donors (Lipinski definition) is 2. The van der Waals surface area contributed by atoms with Crippen LogP contribution >= 0.6 is 0 Å². The highest BCUT2D eigenvalue weighted by molar-refractivity contribution is 5.83. The van der Waals surface area contributed by atoms with Crippen molar-refractivity contribution in [1.82, 2.24) is 10.6 Å². The van der Waals surface area contributed by atoms with Crippen LogP contribution in [0, 0.1) is 5.41 Å². The van der Waals surface area contributed by atoms with Crippen LogP contribution in [0.25, 0.3) is 0 Å². The van der Waals surface area contributed by atoms with E-state index < -0.39 is 42.6 Å². The maximum absolute atomic E-state index is 13.3. The SMILES string of the molecule is CC1(C)C(C(=O)NCC(F)(F)F)NCC1(F)F. The van der Waals surface area contributed by atoms with Gasteiger partial charge in [-0.2, -0.15) is 13.2 Å². The summed E-state index contributed by atoms with van der Waals surface area (Å²) in [6.45, 7) is 0.0471. The number of halogens is 5. The van der Waals surface area contributed by atoms with Gasteiger partial charge in [-0.15, -0.1) is 0 Å². The number of carbonyl (C=O) groups is 1. The van der Waals surface area contributed by atoms with Gasteiger partial charge in [0, 0.05) is 0 Å². The zero-order valence-corrected chi connectivity index (χ0v) is 9.29. The molecule has 1 saturated heterocycles. The fourth-order valence-corrected chi connectivity index (χ4v) is 1.63. The molecule has 1 fully saturated rings. The first-order valence-electron chi connectivity index (χ1n) is 4.93. The second-order valence-electron chi connectivity index (χ2n) is 4.57. The largest absolute Gasteiger partial charge is 0.405 e. The summed E-state index contributed by atoms with van der Waals surface area (Å²) in [5, 5.41) is 3.84. The van der Waals surface area contributed by atoms with Gasteiger partial charge in [-0.25, -0.2) is 8.78 Å². The highest BCUT2D eigenvalue weighted by Crippen LogP contribution is 2.43. The summed E-state index contributed by atoms with van der Waals surface area (Å²) in [6, 6.07) is -1.33. The van der Waals surface area contributed by atoms with Crippen LogP contribution in [-0.4, -0.2) is 37.1 Å². The molecule has 1 aliphatic heterocycles. The van der Waals surface area contributed by atoms with E-state index in [-0.39, 0.29) is 0 Å². The predicted octanol–water partition coefficient (Wildman–Crippen LogP) is 1.30. The second kappa shape index (κ2) is 4.08. The molecule has 0 saturated carbocycles. The third kappa shape index (κ3) is 2.85. The first-order chi connectivity index (χ1) is 7.47. The highest BCUT2D eigenvalue weighted by atomic mass is 19.4. The molecule has 0 aliphatic carbocycles. The Kier molecular flexibility index (Phi) is 3.39. The molecule has 3 nitrogen and oxygen atoms in total. The summed E-state index contributed by atoms with van der Waals surface area (Å²) in [4.78, 5) is 11.4. The molecule has 1 heterocycles. The van der Waals surface area contributed by atoms with E-state index in [1.807, 2.05) is 0 Å². The fourth-order valence-electron chi connectivity index (χ4n) is 1.63. The monoisotopic (exact) mass is 260 g/mol. The Morgan fingerprint density at radius 3 is 2.29 bits per heavy atom. The van der Waals surface area contributed by atoms with Crippen molar-refractivity contribution in [1.29, 1.82) is 0 Å². The Balaban J connectivity index is 2.66. The lowest BCUT2D eigenvalue weighted by Gasteiger charge is -2.30. The van der Waals surface area contributed by atoms with Gasteiger partial charge in [-0.3, -0.25) is 10.1 Å². The third-order valence-corrected chi connectivity index (χ3v) is 2.92. The van der Waals surface area contributed by atoms with E-state index in [1.165, 1.54) is 0 Å². The number of nitrogens with one attached hydrogen (secondary N) is 2. The van der Waals surface area contributed by atoms with Crippen molar-refractivity contribution in [3.05, 3.63) is 0 Å². The van der Waals surface area contributed by atoms with Crippen molar-refractivity contribution in [2.75, 3.05) is 13.1 Å². The fraction of sp³-hybridized carbons (Fsp3) is 0.889. The first-order valence-corrected chi connectivity index (χ1v) is 4.93. The molecular weight excluding hydrogens is 247 g/mol. The highest BCUT2D eigenvalue weighted by Gasteiger charge is 2.59. The Bertz CT molecular complexity index is 313. The van der Waals surface area contributed by atoms with Crippen LogP contribution in [0.2, 0.25) is 0 Å². The minimum absolute atomic E-state index is 0.718. The predicted molar refractivity (Wildman–Crippen MR) is 49.6 cm³/mol. The van der Waals surface area contributed by atoms with Crippen LogP contribution in [0.1, 0.15) is 13.8 Å². The number of amides is 1. The summed E-state index contributed by atoms with van der Waals surface area (Å²) < 4.78 is 62.3. The maximum Gasteiger partial charge on any atom is 0.405 e. The summed E-state index contributed by atoms with van der Waals surface area (Å²) >= 11 is 0. The molecule has 1 unspecified atom stereocenters. The average Bonchev–Trinajstić information content (AvgIpc) is 2.32. The lowest BCUT2D eigenvalue weighted by Crippen LogP contribution is -2.51. The number of hydrogen-bond acceptors (Lipinski definition) is 2. The quantitative estimate of drug-likeness (QED) is 0.735. The molecule has 0 bridgehead atoms. The van der Waals surface area contributed by atoms with E-state index in [1.54, 1.807) is 5.32 Å². The minimum Gasteiger partial charge on any atom is -0.346 e. The molecule has 17 heavy (non-hydrogen) atoms. The van der Waals surface area contributed by atoms with Gasteiger partial charge in [0.15, 0.2) is 0 Å². The summed E-state index contributed by atoms with van der Waals surface area (Å²) in [5.74, 6) is -4.20. The Morgan fingerprint density at radius 2 is 1.94 bits per heavy atom. The molecule has 0 aromatic rings. The van der Waals surface area contributed by atoms with Crippen molar-refractivity contribution in [3.8, 4) is 0 Å². The summed E-state index contributed by atoms with van der Waals surface area (Å²) in [7, 11) is 0. The molecule has 100 valence electrons. The van der Waals surface area contributed by atoms with Gasteiger partial charge in [0.05, 0.1) is 18.0 Å². The van der Waals surface area contributed by atoms with Gasteiger partial charge in [-0.1, -0.05) is 13.8 Å². The lowest BCUT2D eigenvalue weighted by atomic mass is 9.81. The molecule has 0 aromatic carbocycles. The van der Waals surface area contributed by atoms with Crippen LogP contribution in [0.4, 0.5) is 22.0 Å². The van der Waals surface area contributed by atoms with Crippen LogP contribution in [0.5, 0.6) is 0 Å². The van der Waals surface area contributed by atoms with E-state index in [2.05, 4.69) is 5.32 Å². The lowest BCUT2D eigenvalue weighted by molar-refractivity contribution is -0.143. The smallest absolute Gasteiger partial charge is 0.346 e. The van der Waals surface area contributed by atoms with E-state index in [9.17, 15) is 26.7 Å². The standard InChI is InChI=1S/C9H13F5N2O/c1-7(2)5(15-3-8(7,10)11)6(17)16-4-9(12,13)14/h5,15H,3-4H2,1-2H3,(H,16,17). The maximum atomic E-state index is 13.3. The zero-order chi connectivity index (χ0) is 13.5. The van der Waals surface area contributed by atoms with Gasteiger partial charge in [-0.05, 0) is 0 Å². The number of carbonyl (C=O) groups excluding carboxylic acids is 1. The van der Waals surface area contributed by atoms with Crippen molar-refractivity contribution < 1.29 is 26.7 Å². The first kappa shape index (κ1) is 14.1. The third-order valence-electron chi connectivity index (χ3n) is 2.92. The van der Waals surface area contributed by atoms with E-state index in [0.29, 0.717) is 0 Å². The summed E-state index contributed by atoms with van der Waals surface area (Å²) in [5.41, 5.74) is -1.72. The Morgan fingerprint density at radius 1 is 1.41 bits per heavy atom. The van der Waals surface area contributed by atoms with Gasteiger partial charge >= 0.3 is 6.18 Å². The molecule has 1 amide bonds. The minimum atomic E-state index is -4.55. The van der Waals surface area contributed by atoms with Gasteiger partial charge in [0.25, 0.3) is 5.92 Å². The van der Waals surface area contributed by atoms with E-state index in [0.717, 1.165) is 13.8 Å². The molecule has 0 radical (unpaired) electrons. The molecule has 8 heteroatoms. The van der Waals surface area contributed by atoms with E-state index in [4.69, 9.17) is 0 Å². The van der Waals surface area contributed by atoms with Crippen molar-refractivity contribution >= 4 is 5.91 Å². The molecule has 0 aromatic heterocycles. The molecule has 1 atom stereocenters. The van der Waals surface area contributed by atoms with Crippen molar-refractivity contribution in [2.45, 2.75) is 32.0 Å². The topological polar surface area (TPSA) is 41.1 Å². The molecule has 0 spiro atoms. The molecule has 1 rings (SSSR count). The van der Waals surface area contributed by atoms with Crippen LogP contribution in [0.3, 0.4) is 0 Å². The van der Waals surface area contributed by atoms with Gasteiger partial charge in [0.2, 0.25) is 5.91 Å². The van der Waals surface area contributed by atoms with Crippen molar-refractivity contribution in [2.24, 2.45) is 5.41 Å². The normalized spacial score (nSPS) is 26.9. The van der Waals surface area contributed by atoms with Crippen LogP contribution < -0.4 is 10.6 Å². The number of rotatable bonds is 2. The second-order valence-corrected chi connectivity index (χ2v) is 4.57. The van der Waals surface area contributed by atoms with Gasteiger partial charge in [0.1, 0.15) is 6.54 Å².